The lowest BCUT2D eigenvalue weighted by Gasteiger charge is -2.37. The molecule has 11 heteroatoms. The highest BCUT2D eigenvalue weighted by Crippen LogP contribution is 2.33. The standard InChI is InChI=1S/C22H20F5N5O/c23-21(24)6-9-32(10-7-21)18(14-11-30-20(31-12-14)22(25,26)27)13-29-19(33)16-5-8-28-17-4-2-1-3-15(16)17/h1-5,8,11-12,18H,6-7,9-10,13H2,(H,29,33). The summed E-state index contributed by atoms with van der Waals surface area (Å²) in [7, 11) is 0. The number of likely N-dealkylation sites (tertiary alicyclic amines) is 1. The monoisotopic (exact) mass is 465 g/mol. The number of carbonyl (C=O) groups is 1. The quantitative estimate of drug-likeness (QED) is 0.571. The van der Waals surface area contributed by atoms with Crippen molar-refractivity contribution in [2.75, 3.05) is 19.6 Å². The van der Waals surface area contributed by atoms with Crippen molar-refractivity contribution in [3.63, 3.8) is 0 Å². The molecule has 1 aromatic carbocycles. The van der Waals surface area contributed by atoms with Crippen molar-refractivity contribution < 1.29 is 26.7 Å². The molecule has 1 saturated heterocycles. The number of halogens is 5. The zero-order valence-electron chi connectivity index (χ0n) is 17.3. The minimum absolute atomic E-state index is 0.0181. The highest BCUT2D eigenvalue weighted by Gasteiger charge is 2.38. The van der Waals surface area contributed by atoms with Crippen LogP contribution in [-0.2, 0) is 6.18 Å². The topological polar surface area (TPSA) is 71.0 Å². The van der Waals surface area contributed by atoms with Crippen molar-refractivity contribution in [1.29, 1.82) is 0 Å². The van der Waals surface area contributed by atoms with Gasteiger partial charge in [-0.2, -0.15) is 13.2 Å². The lowest BCUT2D eigenvalue weighted by Crippen LogP contribution is -2.45. The van der Waals surface area contributed by atoms with E-state index in [0.717, 1.165) is 12.4 Å². The fourth-order valence-electron chi connectivity index (χ4n) is 3.86. The van der Waals surface area contributed by atoms with Gasteiger partial charge in [0.25, 0.3) is 11.8 Å². The maximum atomic E-state index is 13.7. The van der Waals surface area contributed by atoms with Crippen LogP contribution in [0.25, 0.3) is 10.9 Å². The average Bonchev–Trinajstić information content (AvgIpc) is 2.79. The van der Waals surface area contributed by atoms with Gasteiger partial charge in [-0.15, -0.1) is 0 Å². The predicted molar refractivity (Wildman–Crippen MR) is 110 cm³/mol. The van der Waals surface area contributed by atoms with Crippen LogP contribution in [0, 0.1) is 0 Å². The Hall–Kier alpha value is -3.21. The van der Waals surface area contributed by atoms with Crippen molar-refractivity contribution in [2.45, 2.75) is 31.0 Å². The van der Waals surface area contributed by atoms with Gasteiger partial charge in [-0.3, -0.25) is 14.7 Å². The summed E-state index contributed by atoms with van der Waals surface area (Å²) in [6.45, 7) is 0.0231. The van der Waals surface area contributed by atoms with Crippen LogP contribution in [0.15, 0.2) is 48.9 Å². The number of nitrogens with one attached hydrogen (secondary N) is 1. The fourth-order valence-corrected chi connectivity index (χ4v) is 3.86. The van der Waals surface area contributed by atoms with Crippen molar-refractivity contribution >= 4 is 16.8 Å². The number of piperidine rings is 1. The molecule has 0 saturated carbocycles. The smallest absolute Gasteiger partial charge is 0.350 e. The highest BCUT2D eigenvalue weighted by molar-refractivity contribution is 6.05. The summed E-state index contributed by atoms with van der Waals surface area (Å²) < 4.78 is 65.9. The molecule has 6 nitrogen and oxygen atoms in total. The van der Waals surface area contributed by atoms with Crippen molar-refractivity contribution in [2.24, 2.45) is 0 Å². The molecular formula is C22H20F5N5O. The molecule has 33 heavy (non-hydrogen) atoms. The first kappa shape index (κ1) is 23.0. The van der Waals surface area contributed by atoms with Gasteiger partial charge in [0.05, 0.1) is 17.1 Å². The highest BCUT2D eigenvalue weighted by atomic mass is 19.4. The molecule has 1 aliphatic heterocycles. The normalized spacial score (nSPS) is 17.6. The molecule has 1 atom stereocenters. The van der Waals surface area contributed by atoms with E-state index in [4.69, 9.17) is 0 Å². The number of para-hydroxylation sites is 1. The summed E-state index contributed by atoms with van der Waals surface area (Å²) in [5.74, 6) is -4.49. The van der Waals surface area contributed by atoms with E-state index < -0.39 is 29.9 Å². The van der Waals surface area contributed by atoms with Gasteiger partial charge in [0.1, 0.15) is 0 Å². The number of hydrogen-bond acceptors (Lipinski definition) is 5. The maximum Gasteiger partial charge on any atom is 0.451 e. The summed E-state index contributed by atoms with van der Waals surface area (Å²) in [6, 6.07) is 7.99. The Morgan fingerprint density at radius 1 is 1.06 bits per heavy atom. The van der Waals surface area contributed by atoms with Gasteiger partial charge in [0, 0.05) is 62.0 Å². The number of pyridine rings is 1. The van der Waals surface area contributed by atoms with E-state index in [1.807, 2.05) is 0 Å². The molecule has 0 radical (unpaired) electrons. The van der Waals surface area contributed by atoms with Crippen LogP contribution in [0.2, 0.25) is 0 Å². The van der Waals surface area contributed by atoms with Crippen LogP contribution in [0.4, 0.5) is 22.0 Å². The van der Waals surface area contributed by atoms with E-state index in [-0.39, 0.29) is 32.5 Å². The fraction of sp³-hybridized carbons (Fsp3) is 0.364. The number of benzene rings is 1. The van der Waals surface area contributed by atoms with Gasteiger partial charge in [0.2, 0.25) is 5.82 Å². The number of aromatic nitrogens is 3. The van der Waals surface area contributed by atoms with E-state index in [0.29, 0.717) is 22.0 Å². The van der Waals surface area contributed by atoms with Crippen LogP contribution in [0.1, 0.15) is 40.6 Å². The first-order valence-corrected chi connectivity index (χ1v) is 10.3. The van der Waals surface area contributed by atoms with E-state index in [1.165, 1.54) is 6.20 Å². The Bertz CT molecular complexity index is 1120. The van der Waals surface area contributed by atoms with Crippen LogP contribution in [0.5, 0.6) is 0 Å². The Balaban J connectivity index is 1.56. The molecule has 0 spiro atoms. The molecule has 0 bridgehead atoms. The number of hydrogen-bond donors (Lipinski definition) is 1. The lowest BCUT2D eigenvalue weighted by molar-refractivity contribution is -0.145. The first-order valence-electron chi connectivity index (χ1n) is 10.3. The summed E-state index contributed by atoms with van der Waals surface area (Å²) >= 11 is 0. The van der Waals surface area contributed by atoms with Gasteiger partial charge in [-0.25, -0.2) is 18.7 Å². The van der Waals surface area contributed by atoms with Gasteiger partial charge >= 0.3 is 6.18 Å². The summed E-state index contributed by atoms with van der Waals surface area (Å²) in [5, 5.41) is 3.42. The summed E-state index contributed by atoms with van der Waals surface area (Å²) in [4.78, 5) is 25.6. The number of amides is 1. The maximum absolute atomic E-state index is 13.7. The van der Waals surface area contributed by atoms with Gasteiger partial charge in [-0.05, 0) is 12.1 Å². The molecule has 3 aromatic rings. The summed E-state index contributed by atoms with van der Waals surface area (Å²) in [6.07, 6.45) is -1.90. The Kier molecular flexibility index (Phi) is 6.24. The first-order chi connectivity index (χ1) is 15.6. The largest absolute Gasteiger partial charge is 0.451 e. The minimum Gasteiger partial charge on any atom is -0.350 e. The molecular weight excluding hydrogens is 445 g/mol. The second-order valence-corrected chi connectivity index (χ2v) is 7.83. The molecule has 0 aliphatic carbocycles. The molecule has 1 fully saturated rings. The second-order valence-electron chi connectivity index (χ2n) is 7.83. The Morgan fingerprint density at radius 2 is 1.73 bits per heavy atom. The number of rotatable bonds is 5. The van der Waals surface area contributed by atoms with E-state index >= 15 is 0 Å². The van der Waals surface area contributed by atoms with Crippen molar-refractivity contribution in [3.05, 3.63) is 65.9 Å². The number of carbonyl (C=O) groups excluding carboxylic acids is 1. The Labute approximate surface area is 185 Å². The minimum atomic E-state index is -4.70. The third kappa shape index (κ3) is 5.24. The number of alkyl halides is 5. The molecule has 1 aliphatic rings. The number of nitrogens with zero attached hydrogens (tertiary/aromatic N) is 4. The molecule has 2 aromatic heterocycles. The zero-order valence-corrected chi connectivity index (χ0v) is 17.3. The summed E-state index contributed by atoms with van der Waals surface area (Å²) in [5.41, 5.74) is 1.32. The van der Waals surface area contributed by atoms with Gasteiger partial charge < -0.3 is 5.32 Å². The van der Waals surface area contributed by atoms with Crippen molar-refractivity contribution in [1.82, 2.24) is 25.2 Å². The van der Waals surface area contributed by atoms with Gasteiger partial charge in [-0.1, -0.05) is 18.2 Å². The molecule has 1 N–H and O–H groups in total. The van der Waals surface area contributed by atoms with E-state index in [2.05, 4.69) is 20.3 Å². The predicted octanol–water partition coefficient (Wildman–Crippen LogP) is 4.25. The SMILES string of the molecule is O=C(NCC(c1cnc(C(F)(F)F)nc1)N1CCC(F)(F)CC1)c1ccnc2ccccc12. The Morgan fingerprint density at radius 3 is 2.39 bits per heavy atom. The number of fused-ring (bicyclic) bond motifs is 1. The van der Waals surface area contributed by atoms with Crippen LogP contribution < -0.4 is 5.32 Å². The second kappa shape index (κ2) is 8.97. The molecule has 1 amide bonds. The third-order valence-corrected chi connectivity index (χ3v) is 5.63. The third-order valence-electron chi connectivity index (χ3n) is 5.63. The lowest BCUT2D eigenvalue weighted by atomic mass is 10.0. The molecule has 1 unspecified atom stereocenters. The van der Waals surface area contributed by atoms with E-state index in [9.17, 15) is 26.7 Å². The molecule has 4 rings (SSSR count). The van der Waals surface area contributed by atoms with Crippen LogP contribution in [-0.4, -0.2) is 51.3 Å². The molecule has 3 heterocycles. The van der Waals surface area contributed by atoms with Crippen LogP contribution in [0.3, 0.4) is 0 Å². The average molecular weight is 465 g/mol. The van der Waals surface area contributed by atoms with Crippen molar-refractivity contribution in [3.8, 4) is 0 Å². The molecule has 174 valence electrons. The van der Waals surface area contributed by atoms with Gasteiger partial charge in [0.15, 0.2) is 0 Å². The van der Waals surface area contributed by atoms with E-state index in [1.54, 1.807) is 35.2 Å². The zero-order chi connectivity index (χ0) is 23.6. The van der Waals surface area contributed by atoms with Crippen LogP contribution >= 0.6 is 0 Å².